The zero-order valence-electron chi connectivity index (χ0n) is 17.6. The van der Waals surface area contributed by atoms with Gasteiger partial charge >= 0.3 is 0 Å². The fourth-order valence-electron chi connectivity index (χ4n) is 3.80. The van der Waals surface area contributed by atoms with E-state index in [-0.39, 0.29) is 0 Å². The van der Waals surface area contributed by atoms with Gasteiger partial charge in [0.1, 0.15) is 11.6 Å². The molecule has 158 valence electrons. The molecule has 2 heterocycles. The second-order valence-corrected chi connectivity index (χ2v) is 7.97. The summed E-state index contributed by atoms with van der Waals surface area (Å²) in [5.74, 6) is 2.60. The number of hydrogen-bond donors (Lipinski definition) is 1. The summed E-state index contributed by atoms with van der Waals surface area (Å²) in [5, 5.41) is 5.27. The van der Waals surface area contributed by atoms with Crippen molar-refractivity contribution in [3.63, 3.8) is 0 Å². The van der Waals surface area contributed by atoms with Gasteiger partial charge in [0.15, 0.2) is 0 Å². The third kappa shape index (κ3) is 4.60. The summed E-state index contributed by atoms with van der Waals surface area (Å²) in [7, 11) is 1.70. The standard InChI is InChI=1S/C23H28ClN5O/c1-3-10-25-22-19-6-4-5-7-20(19)26-23(27-22)29-13-11-28(12-14-29)16-17-15-18(24)8-9-21(17)30-2/h4-9,15H,3,10-14,16H2,1-2H3,(H,25,26,27). The van der Waals surface area contributed by atoms with Crippen LogP contribution >= 0.6 is 11.6 Å². The lowest BCUT2D eigenvalue weighted by Gasteiger charge is -2.35. The largest absolute Gasteiger partial charge is 0.496 e. The van der Waals surface area contributed by atoms with Gasteiger partial charge in [0, 0.05) is 55.2 Å². The van der Waals surface area contributed by atoms with E-state index in [2.05, 4.69) is 34.2 Å². The van der Waals surface area contributed by atoms with Crippen LogP contribution in [0.15, 0.2) is 42.5 Å². The molecule has 7 heteroatoms. The predicted octanol–water partition coefficient (Wildman–Crippen LogP) is 4.44. The van der Waals surface area contributed by atoms with Gasteiger partial charge in [-0.05, 0) is 36.8 Å². The molecule has 1 N–H and O–H groups in total. The minimum absolute atomic E-state index is 0.737. The maximum Gasteiger partial charge on any atom is 0.227 e. The van der Waals surface area contributed by atoms with Gasteiger partial charge in [0.25, 0.3) is 0 Å². The number of anilines is 2. The summed E-state index contributed by atoms with van der Waals surface area (Å²) in [4.78, 5) is 14.4. The minimum atomic E-state index is 0.737. The van der Waals surface area contributed by atoms with Crippen LogP contribution in [0.3, 0.4) is 0 Å². The summed E-state index contributed by atoms with van der Waals surface area (Å²) in [5.41, 5.74) is 2.10. The van der Waals surface area contributed by atoms with Gasteiger partial charge in [0.2, 0.25) is 5.95 Å². The van der Waals surface area contributed by atoms with Crippen LogP contribution in [-0.4, -0.2) is 54.7 Å². The lowest BCUT2D eigenvalue weighted by atomic mass is 10.1. The zero-order chi connectivity index (χ0) is 20.9. The lowest BCUT2D eigenvalue weighted by Crippen LogP contribution is -2.46. The third-order valence-electron chi connectivity index (χ3n) is 5.43. The van der Waals surface area contributed by atoms with E-state index in [1.165, 1.54) is 0 Å². The van der Waals surface area contributed by atoms with E-state index < -0.39 is 0 Å². The molecule has 1 saturated heterocycles. The molecule has 1 fully saturated rings. The minimum Gasteiger partial charge on any atom is -0.496 e. The number of fused-ring (bicyclic) bond motifs is 1. The maximum atomic E-state index is 6.19. The highest BCUT2D eigenvalue weighted by Crippen LogP contribution is 2.26. The Balaban J connectivity index is 1.47. The van der Waals surface area contributed by atoms with Crippen LogP contribution in [0, 0.1) is 0 Å². The summed E-state index contributed by atoms with van der Waals surface area (Å²) < 4.78 is 5.50. The Kier molecular flexibility index (Phi) is 6.55. The van der Waals surface area contributed by atoms with Gasteiger partial charge in [-0.15, -0.1) is 0 Å². The van der Waals surface area contributed by atoms with Gasteiger partial charge in [-0.1, -0.05) is 30.7 Å². The Morgan fingerprint density at radius 3 is 2.63 bits per heavy atom. The number of methoxy groups -OCH3 is 1. The molecule has 0 unspecified atom stereocenters. The van der Waals surface area contributed by atoms with Crippen molar-refractivity contribution < 1.29 is 4.74 Å². The fraction of sp³-hybridized carbons (Fsp3) is 0.391. The number of para-hydroxylation sites is 1. The Bertz CT molecular complexity index is 1000. The number of nitrogens with one attached hydrogen (secondary N) is 1. The molecule has 0 atom stereocenters. The SMILES string of the molecule is CCCNc1nc(N2CCN(Cc3cc(Cl)ccc3OC)CC2)nc2ccccc12. The number of piperazine rings is 1. The molecule has 0 spiro atoms. The van der Waals surface area contributed by atoms with Crippen LogP contribution in [-0.2, 0) is 6.54 Å². The molecule has 1 aliphatic heterocycles. The molecule has 1 aromatic heterocycles. The van der Waals surface area contributed by atoms with E-state index in [9.17, 15) is 0 Å². The molecule has 0 amide bonds. The number of halogens is 1. The van der Waals surface area contributed by atoms with Gasteiger partial charge in [-0.2, -0.15) is 4.98 Å². The second kappa shape index (κ2) is 9.49. The highest BCUT2D eigenvalue weighted by molar-refractivity contribution is 6.30. The zero-order valence-corrected chi connectivity index (χ0v) is 18.3. The lowest BCUT2D eigenvalue weighted by molar-refractivity contribution is 0.245. The molecule has 6 nitrogen and oxygen atoms in total. The van der Waals surface area contributed by atoms with Crippen molar-refractivity contribution in [3.8, 4) is 5.75 Å². The van der Waals surface area contributed by atoms with E-state index >= 15 is 0 Å². The van der Waals surface area contributed by atoms with Crippen molar-refractivity contribution in [2.45, 2.75) is 19.9 Å². The average molecular weight is 426 g/mol. The molecule has 2 aromatic carbocycles. The Morgan fingerprint density at radius 1 is 1.07 bits per heavy atom. The molecular formula is C23H28ClN5O. The second-order valence-electron chi connectivity index (χ2n) is 7.54. The van der Waals surface area contributed by atoms with Gasteiger partial charge in [0.05, 0.1) is 12.6 Å². The molecule has 4 rings (SSSR count). The van der Waals surface area contributed by atoms with E-state index in [0.717, 1.165) is 84.7 Å². The highest BCUT2D eigenvalue weighted by Gasteiger charge is 2.21. The van der Waals surface area contributed by atoms with Crippen molar-refractivity contribution in [2.75, 3.05) is 50.1 Å². The van der Waals surface area contributed by atoms with Crippen LogP contribution in [0.2, 0.25) is 5.02 Å². The molecule has 0 saturated carbocycles. The van der Waals surface area contributed by atoms with Crippen molar-refractivity contribution in [1.82, 2.24) is 14.9 Å². The van der Waals surface area contributed by atoms with E-state index in [4.69, 9.17) is 26.3 Å². The number of hydrogen-bond acceptors (Lipinski definition) is 6. The van der Waals surface area contributed by atoms with Crippen molar-refractivity contribution >= 4 is 34.3 Å². The van der Waals surface area contributed by atoms with Crippen LogP contribution < -0.4 is 15.0 Å². The van der Waals surface area contributed by atoms with Crippen molar-refractivity contribution in [1.29, 1.82) is 0 Å². The van der Waals surface area contributed by atoms with Crippen LogP contribution in [0.25, 0.3) is 10.9 Å². The Labute approximate surface area is 182 Å². The number of benzene rings is 2. The first-order chi connectivity index (χ1) is 14.7. The molecule has 0 bridgehead atoms. The van der Waals surface area contributed by atoms with Crippen molar-refractivity contribution in [2.24, 2.45) is 0 Å². The first kappa shape index (κ1) is 20.7. The van der Waals surface area contributed by atoms with Crippen LogP contribution in [0.4, 0.5) is 11.8 Å². The normalized spacial score (nSPS) is 14.8. The first-order valence-corrected chi connectivity index (χ1v) is 10.9. The van der Waals surface area contributed by atoms with E-state index in [0.29, 0.717) is 0 Å². The van der Waals surface area contributed by atoms with E-state index in [1.807, 2.05) is 30.3 Å². The van der Waals surface area contributed by atoms with Crippen LogP contribution in [0.1, 0.15) is 18.9 Å². The number of aromatic nitrogens is 2. The van der Waals surface area contributed by atoms with Gasteiger partial charge in [-0.3, -0.25) is 4.90 Å². The van der Waals surface area contributed by atoms with Crippen LogP contribution in [0.5, 0.6) is 5.75 Å². The number of nitrogens with zero attached hydrogens (tertiary/aromatic N) is 4. The quantitative estimate of drug-likeness (QED) is 0.604. The molecule has 0 aliphatic carbocycles. The fourth-order valence-corrected chi connectivity index (χ4v) is 4.00. The average Bonchev–Trinajstić information content (AvgIpc) is 2.78. The summed E-state index contributed by atoms with van der Waals surface area (Å²) in [6.45, 7) is 7.51. The molecule has 0 radical (unpaired) electrons. The summed E-state index contributed by atoms with van der Waals surface area (Å²) >= 11 is 6.19. The maximum absolute atomic E-state index is 6.19. The highest BCUT2D eigenvalue weighted by atomic mass is 35.5. The molecule has 1 aliphatic rings. The summed E-state index contributed by atoms with van der Waals surface area (Å²) in [6, 6.07) is 14.0. The number of rotatable bonds is 7. The topological polar surface area (TPSA) is 53.5 Å². The molecule has 30 heavy (non-hydrogen) atoms. The van der Waals surface area contributed by atoms with E-state index in [1.54, 1.807) is 7.11 Å². The van der Waals surface area contributed by atoms with Crippen molar-refractivity contribution in [3.05, 3.63) is 53.1 Å². The summed E-state index contributed by atoms with van der Waals surface area (Å²) in [6.07, 6.45) is 1.05. The molecular weight excluding hydrogens is 398 g/mol. The Hall–Kier alpha value is -2.57. The smallest absolute Gasteiger partial charge is 0.227 e. The van der Waals surface area contributed by atoms with Gasteiger partial charge < -0.3 is 15.0 Å². The molecule has 3 aromatic rings. The predicted molar refractivity (Wildman–Crippen MR) is 124 cm³/mol. The monoisotopic (exact) mass is 425 g/mol. The van der Waals surface area contributed by atoms with Gasteiger partial charge in [-0.25, -0.2) is 4.98 Å². The Morgan fingerprint density at radius 2 is 1.87 bits per heavy atom. The first-order valence-electron chi connectivity index (χ1n) is 10.5. The number of ether oxygens (including phenoxy) is 1. The third-order valence-corrected chi connectivity index (χ3v) is 5.66.